The standard InChI is InChI=1S/C28H19Cl2N3O4S2/c29-18-13-7-12-17(22(18)30)20-21-23(26(36)33(25(21)35)16-10-5-2-6-11-16)38-27-24(20)39-28(37)32(27)14-19(34)31-15-8-3-1-4-9-15/h1-13,20-21,23H,14H2,(H,31,34). The fourth-order valence-corrected chi connectivity index (χ4v) is 8.24. The molecule has 1 N–H and O–H groups in total. The second kappa shape index (κ2) is 10.3. The molecule has 0 radical (unpaired) electrons. The summed E-state index contributed by atoms with van der Waals surface area (Å²) in [6.45, 7) is -0.246. The van der Waals surface area contributed by atoms with Crippen LogP contribution in [0.1, 0.15) is 16.4 Å². The van der Waals surface area contributed by atoms with Gasteiger partial charge in [-0.25, -0.2) is 4.90 Å². The molecule has 0 saturated carbocycles. The first-order valence-electron chi connectivity index (χ1n) is 12.0. The van der Waals surface area contributed by atoms with E-state index in [1.54, 1.807) is 66.7 Å². The number of imide groups is 1. The predicted octanol–water partition coefficient (Wildman–Crippen LogP) is 5.65. The second-order valence-electron chi connectivity index (χ2n) is 9.07. The minimum absolute atomic E-state index is 0.246. The van der Waals surface area contributed by atoms with Crippen molar-refractivity contribution in [1.29, 1.82) is 0 Å². The van der Waals surface area contributed by atoms with Gasteiger partial charge in [0.2, 0.25) is 17.7 Å². The van der Waals surface area contributed by atoms with Crippen LogP contribution in [0.15, 0.2) is 88.7 Å². The SMILES string of the molecule is O=C(Cn1c2c(sc1=O)C(c1cccc(Cl)c1Cl)C1C(=O)N(c3ccccc3)C(=O)C1S2)Nc1ccccc1. The van der Waals surface area contributed by atoms with Crippen molar-refractivity contribution < 1.29 is 14.4 Å². The zero-order valence-electron chi connectivity index (χ0n) is 20.0. The van der Waals surface area contributed by atoms with Gasteiger partial charge in [0.05, 0.1) is 26.7 Å². The molecule has 3 amide bonds. The first kappa shape index (κ1) is 25.9. The van der Waals surface area contributed by atoms with Crippen molar-refractivity contribution in [3.63, 3.8) is 0 Å². The Balaban J connectivity index is 1.45. The molecule has 3 aromatic carbocycles. The number of benzene rings is 3. The van der Waals surface area contributed by atoms with Gasteiger partial charge in [-0.2, -0.15) is 0 Å². The molecule has 6 rings (SSSR count). The van der Waals surface area contributed by atoms with Crippen molar-refractivity contribution >= 4 is 75.4 Å². The van der Waals surface area contributed by atoms with Gasteiger partial charge in [0.25, 0.3) is 0 Å². The fraction of sp³-hybridized carbons (Fsp3) is 0.143. The van der Waals surface area contributed by atoms with Crippen molar-refractivity contribution in [2.45, 2.75) is 22.7 Å². The van der Waals surface area contributed by atoms with Crippen molar-refractivity contribution in [2.24, 2.45) is 5.92 Å². The Labute approximate surface area is 241 Å². The molecule has 3 heterocycles. The Morgan fingerprint density at radius 2 is 1.56 bits per heavy atom. The van der Waals surface area contributed by atoms with E-state index in [4.69, 9.17) is 23.2 Å². The molecule has 11 heteroatoms. The lowest BCUT2D eigenvalue weighted by Gasteiger charge is -2.31. The normalized spacial score (nSPS) is 20.1. The molecule has 1 saturated heterocycles. The van der Waals surface area contributed by atoms with Gasteiger partial charge in [-0.3, -0.25) is 23.7 Å². The molecule has 1 aromatic heterocycles. The van der Waals surface area contributed by atoms with Gasteiger partial charge in [-0.05, 0) is 35.9 Å². The number of thioether (sulfide) groups is 1. The maximum absolute atomic E-state index is 13.9. The van der Waals surface area contributed by atoms with Crippen LogP contribution in [0.4, 0.5) is 11.4 Å². The molecule has 3 unspecified atom stereocenters. The third kappa shape index (κ3) is 4.49. The summed E-state index contributed by atoms with van der Waals surface area (Å²) in [4.78, 5) is 55.2. The highest BCUT2D eigenvalue weighted by Gasteiger charge is 2.57. The predicted molar refractivity (Wildman–Crippen MR) is 154 cm³/mol. The van der Waals surface area contributed by atoms with Crippen molar-refractivity contribution in [3.05, 3.63) is 109 Å². The molecule has 0 spiro atoms. The fourth-order valence-electron chi connectivity index (χ4n) is 5.05. The van der Waals surface area contributed by atoms with E-state index < -0.39 is 17.1 Å². The third-order valence-corrected chi connectivity index (χ3v) is 10.2. The largest absolute Gasteiger partial charge is 0.325 e. The number of hydrogen-bond acceptors (Lipinski definition) is 6. The van der Waals surface area contributed by atoms with Crippen LogP contribution in [0.3, 0.4) is 0 Å². The Morgan fingerprint density at radius 3 is 2.28 bits per heavy atom. The second-order valence-corrected chi connectivity index (χ2v) is 12.0. The Kier molecular flexibility index (Phi) is 6.84. The van der Waals surface area contributed by atoms with Crippen LogP contribution in [-0.4, -0.2) is 27.5 Å². The smallest absolute Gasteiger partial charge is 0.308 e. The molecule has 1 fully saturated rings. The van der Waals surface area contributed by atoms with E-state index in [1.807, 2.05) is 12.1 Å². The van der Waals surface area contributed by atoms with Crippen LogP contribution in [0, 0.1) is 5.92 Å². The Morgan fingerprint density at radius 1 is 0.872 bits per heavy atom. The molecule has 3 atom stereocenters. The van der Waals surface area contributed by atoms with Crippen LogP contribution in [0.2, 0.25) is 10.0 Å². The maximum Gasteiger partial charge on any atom is 0.308 e. The Hall–Kier alpha value is -3.37. The molecule has 2 aliphatic heterocycles. The number of aromatic nitrogens is 1. The van der Waals surface area contributed by atoms with Crippen molar-refractivity contribution in [1.82, 2.24) is 4.57 Å². The maximum atomic E-state index is 13.9. The quantitative estimate of drug-likeness (QED) is 0.301. The molecule has 39 heavy (non-hydrogen) atoms. The molecule has 7 nitrogen and oxygen atoms in total. The van der Waals surface area contributed by atoms with Gasteiger partial charge in [0, 0.05) is 16.5 Å². The number of nitrogens with one attached hydrogen (secondary N) is 1. The lowest BCUT2D eigenvalue weighted by Crippen LogP contribution is -2.33. The van der Waals surface area contributed by atoms with Crippen LogP contribution in [-0.2, 0) is 20.9 Å². The molecule has 196 valence electrons. The average molecular weight is 597 g/mol. The van der Waals surface area contributed by atoms with Crippen LogP contribution in [0.25, 0.3) is 0 Å². The van der Waals surface area contributed by atoms with Crippen LogP contribution >= 0.6 is 46.3 Å². The van der Waals surface area contributed by atoms with E-state index in [0.29, 0.717) is 31.9 Å². The van der Waals surface area contributed by atoms with E-state index in [-0.39, 0.29) is 34.2 Å². The van der Waals surface area contributed by atoms with Crippen molar-refractivity contribution in [3.8, 4) is 0 Å². The van der Waals surface area contributed by atoms with Crippen molar-refractivity contribution in [2.75, 3.05) is 10.2 Å². The van der Waals surface area contributed by atoms with E-state index >= 15 is 0 Å². The van der Waals surface area contributed by atoms with E-state index in [1.165, 1.54) is 9.47 Å². The van der Waals surface area contributed by atoms with Gasteiger partial charge in [0.15, 0.2) is 0 Å². The number of anilines is 2. The summed E-state index contributed by atoms with van der Waals surface area (Å²) in [5, 5.41) is 3.01. The molecule has 2 aliphatic rings. The van der Waals surface area contributed by atoms with Crippen LogP contribution < -0.4 is 15.1 Å². The van der Waals surface area contributed by atoms with Gasteiger partial charge in [-0.1, -0.05) is 94.8 Å². The lowest BCUT2D eigenvalue weighted by atomic mass is 9.83. The van der Waals surface area contributed by atoms with E-state index in [2.05, 4.69) is 5.32 Å². The molecule has 0 bridgehead atoms. The number of amides is 3. The number of fused-ring (bicyclic) bond motifs is 2. The Bertz CT molecular complexity index is 1670. The number of thiazole rings is 1. The zero-order valence-corrected chi connectivity index (χ0v) is 23.2. The summed E-state index contributed by atoms with van der Waals surface area (Å²) in [7, 11) is 0. The number of rotatable bonds is 5. The summed E-state index contributed by atoms with van der Waals surface area (Å²) >= 11 is 15.1. The highest BCUT2D eigenvalue weighted by atomic mass is 35.5. The highest BCUT2D eigenvalue weighted by molar-refractivity contribution is 8.00. The summed E-state index contributed by atoms with van der Waals surface area (Å²) in [5.74, 6) is -2.64. The van der Waals surface area contributed by atoms with Gasteiger partial charge in [0.1, 0.15) is 11.8 Å². The number of para-hydroxylation sites is 2. The van der Waals surface area contributed by atoms with Gasteiger partial charge >= 0.3 is 4.87 Å². The summed E-state index contributed by atoms with van der Waals surface area (Å²) in [6.07, 6.45) is 0. The zero-order chi connectivity index (χ0) is 27.3. The number of carbonyl (C=O) groups excluding carboxylic acids is 3. The monoisotopic (exact) mass is 595 g/mol. The minimum atomic E-state index is -0.817. The number of carbonyl (C=O) groups is 3. The first-order valence-corrected chi connectivity index (χ1v) is 14.4. The molecular weight excluding hydrogens is 577 g/mol. The minimum Gasteiger partial charge on any atom is -0.325 e. The third-order valence-electron chi connectivity index (χ3n) is 6.74. The van der Waals surface area contributed by atoms with Gasteiger partial charge < -0.3 is 5.32 Å². The molecule has 0 aliphatic carbocycles. The highest BCUT2D eigenvalue weighted by Crippen LogP contribution is 2.55. The average Bonchev–Trinajstić information content (AvgIpc) is 3.37. The molecule has 4 aromatic rings. The summed E-state index contributed by atoms with van der Waals surface area (Å²) in [5.41, 5.74) is 1.63. The molecular formula is C28H19Cl2N3O4S2. The summed E-state index contributed by atoms with van der Waals surface area (Å²) in [6, 6.07) is 22.8. The topological polar surface area (TPSA) is 88.5 Å². The van der Waals surface area contributed by atoms with Gasteiger partial charge in [-0.15, -0.1) is 0 Å². The number of hydrogen-bond donors (Lipinski definition) is 1. The van der Waals surface area contributed by atoms with Crippen LogP contribution in [0.5, 0.6) is 0 Å². The lowest BCUT2D eigenvalue weighted by molar-refractivity contribution is -0.122. The number of nitrogens with zero attached hydrogens (tertiary/aromatic N) is 2. The summed E-state index contributed by atoms with van der Waals surface area (Å²) < 4.78 is 1.37. The first-order chi connectivity index (χ1) is 18.8. The number of halogens is 2. The van der Waals surface area contributed by atoms with E-state index in [9.17, 15) is 19.2 Å². The van der Waals surface area contributed by atoms with E-state index in [0.717, 1.165) is 23.1 Å².